The van der Waals surface area contributed by atoms with Crippen LogP contribution in [0.25, 0.3) is 11.4 Å². The highest BCUT2D eigenvalue weighted by Crippen LogP contribution is 2.25. The van der Waals surface area contributed by atoms with E-state index in [0.717, 1.165) is 42.4 Å². The number of hydrogen-bond donors (Lipinski definition) is 0. The molecule has 0 unspecified atom stereocenters. The number of pyridine rings is 2. The van der Waals surface area contributed by atoms with E-state index in [0.29, 0.717) is 11.5 Å². The third-order valence-corrected chi connectivity index (χ3v) is 4.92. The summed E-state index contributed by atoms with van der Waals surface area (Å²) in [6.45, 7) is 6.33. The maximum absolute atomic E-state index is 12.6. The molecule has 3 aromatic rings. The molecule has 26 heavy (non-hydrogen) atoms. The van der Waals surface area contributed by atoms with Crippen LogP contribution in [0.3, 0.4) is 0 Å². The molecule has 6 nitrogen and oxygen atoms in total. The van der Waals surface area contributed by atoms with Gasteiger partial charge in [0.2, 0.25) is 0 Å². The number of hydrogen-bond acceptors (Lipinski definition) is 4. The van der Waals surface area contributed by atoms with Crippen LogP contribution in [0.4, 0.5) is 0 Å². The lowest BCUT2D eigenvalue weighted by Gasteiger charge is -2.40. The van der Waals surface area contributed by atoms with Crippen LogP contribution in [0.2, 0.25) is 0 Å². The third kappa shape index (κ3) is 2.98. The Morgan fingerprint density at radius 1 is 1.12 bits per heavy atom. The number of nitrogens with zero attached hydrogens (tertiary/aromatic N) is 5. The fourth-order valence-corrected chi connectivity index (χ4v) is 3.41. The Morgan fingerprint density at radius 3 is 2.62 bits per heavy atom. The Hall–Kier alpha value is -3.02. The minimum absolute atomic E-state index is 0.0727. The van der Waals surface area contributed by atoms with E-state index in [-0.39, 0.29) is 5.91 Å². The van der Waals surface area contributed by atoms with Gasteiger partial charge in [-0.05, 0) is 38.1 Å². The topological polar surface area (TPSA) is 63.9 Å². The lowest BCUT2D eigenvalue weighted by atomic mass is 9.98. The van der Waals surface area contributed by atoms with Gasteiger partial charge in [-0.1, -0.05) is 0 Å². The molecular weight excluding hydrogens is 326 g/mol. The van der Waals surface area contributed by atoms with Gasteiger partial charge < -0.3 is 9.47 Å². The fraction of sp³-hybridized carbons (Fsp3) is 0.300. The van der Waals surface area contributed by atoms with Crippen molar-refractivity contribution in [2.24, 2.45) is 5.92 Å². The van der Waals surface area contributed by atoms with Gasteiger partial charge in [0.25, 0.3) is 5.91 Å². The molecule has 1 fully saturated rings. The molecule has 0 saturated carbocycles. The zero-order chi connectivity index (χ0) is 18.1. The summed E-state index contributed by atoms with van der Waals surface area (Å²) >= 11 is 0. The number of likely N-dealkylation sites (tertiary alicyclic amines) is 1. The van der Waals surface area contributed by atoms with Crippen LogP contribution in [0.5, 0.6) is 0 Å². The molecular formula is C20H21N5O. The van der Waals surface area contributed by atoms with E-state index in [1.54, 1.807) is 18.6 Å². The summed E-state index contributed by atoms with van der Waals surface area (Å²) in [7, 11) is 0. The number of carbonyl (C=O) groups excluding carboxylic acids is 1. The van der Waals surface area contributed by atoms with Gasteiger partial charge in [0.05, 0.1) is 5.56 Å². The van der Waals surface area contributed by atoms with Crippen molar-refractivity contribution in [2.75, 3.05) is 13.1 Å². The molecule has 132 valence electrons. The Labute approximate surface area is 152 Å². The first-order valence-corrected chi connectivity index (χ1v) is 8.77. The molecule has 0 radical (unpaired) electrons. The Morgan fingerprint density at radius 2 is 1.88 bits per heavy atom. The van der Waals surface area contributed by atoms with Gasteiger partial charge >= 0.3 is 0 Å². The summed E-state index contributed by atoms with van der Waals surface area (Å²) < 4.78 is 2.23. The molecule has 0 bridgehead atoms. The predicted molar refractivity (Wildman–Crippen MR) is 98.6 cm³/mol. The number of amides is 1. The summed E-state index contributed by atoms with van der Waals surface area (Å²) in [6.07, 6.45) is 7.18. The predicted octanol–water partition coefficient (Wildman–Crippen LogP) is 2.73. The molecule has 1 aliphatic heterocycles. The van der Waals surface area contributed by atoms with Gasteiger partial charge in [0.15, 0.2) is 0 Å². The smallest absolute Gasteiger partial charge is 0.255 e. The Balaban J connectivity index is 1.45. The van der Waals surface area contributed by atoms with Crippen molar-refractivity contribution in [3.8, 4) is 11.4 Å². The van der Waals surface area contributed by atoms with Gasteiger partial charge in [-0.15, -0.1) is 0 Å². The zero-order valence-electron chi connectivity index (χ0n) is 15.0. The van der Waals surface area contributed by atoms with Crippen LogP contribution in [0.15, 0.2) is 49.1 Å². The van der Waals surface area contributed by atoms with Crippen LogP contribution in [0.1, 0.15) is 21.7 Å². The van der Waals surface area contributed by atoms with Gasteiger partial charge in [-0.25, -0.2) is 4.98 Å². The van der Waals surface area contributed by atoms with Crippen LogP contribution in [0, 0.1) is 19.8 Å². The molecule has 1 aliphatic rings. The van der Waals surface area contributed by atoms with E-state index < -0.39 is 0 Å². The molecule has 0 atom stereocenters. The molecule has 6 heteroatoms. The van der Waals surface area contributed by atoms with Crippen LogP contribution < -0.4 is 0 Å². The summed E-state index contributed by atoms with van der Waals surface area (Å²) in [5.41, 5.74) is 3.67. The SMILES string of the molecule is Cc1ncccc1C(=O)N1CC(Cn2c(C)cnc2-c2ccncc2)C1. The van der Waals surface area contributed by atoms with E-state index in [4.69, 9.17) is 0 Å². The van der Waals surface area contributed by atoms with Crippen molar-refractivity contribution >= 4 is 5.91 Å². The highest BCUT2D eigenvalue weighted by molar-refractivity contribution is 5.95. The van der Waals surface area contributed by atoms with Crippen LogP contribution in [-0.2, 0) is 6.54 Å². The van der Waals surface area contributed by atoms with Crippen molar-refractivity contribution < 1.29 is 4.79 Å². The minimum Gasteiger partial charge on any atom is -0.338 e. The van der Waals surface area contributed by atoms with E-state index >= 15 is 0 Å². The molecule has 0 aromatic carbocycles. The maximum atomic E-state index is 12.6. The molecule has 1 saturated heterocycles. The average molecular weight is 347 g/mol. The second-order valence-electron chi connectivity index (χ2n) is 6.78. The number of imidazole rings is 1. The lowest BCUT2D eigenvalue weighted by molar-refractivity contribution is 0.0467. The highest BCUT2D eigenvalue weighted by Gasteiger charge is 2.32. The molecule has 3 aromatic heterocycles. The van der Waals surface area contributed by atoms with Gasteiger partial charge in [-0.2, -0.15) is 0 Å². The number of aryl methyl sites for hydroxylation is 2. The van der Waals surface area contributed by atoms with E-state index in [2.05, 4.69) is 26.4 Å². The second kappa shape index (κ2) is 6.71. The van der Waals surface area contributed by atoms with Gasteiger partial charge in [0, 0.05) is 67.3 Å². The lowest BCUT2D eigenvalue weighted by Crippen LogP contribution is -2.51. The van der Waals surface area contributed by atoms with Crippen molar-refractivity contribution in [3.63, 3.8) is 0 Å². The van der Waals surface area contributed by atoms with Crippen molar-refractivity contribution in [3.05, 3.63) is 66.0 Å². The number of aromatic nitrogens is 4. The summed E-state index contributed by atoms with van der Waals surface area (Å²) in [4.78, 5) is 27.4. The third-order valence-electron chi connectivity index (χ3n) is 4.92. The normalized spacial score (nSPS) is 14.3. The molecule has 1 amide bonds. The molecule has 4 rings (SSSR count). The van der Waals surface area contributed by atoms with E-state index in [9.17, 15) is 4.79 Å². The van der Waals surface area contributed by atoms with Crippen LogP contribution >= 0.6 is 0 Å². The molecule has 0 N–H and O–H groups in total. The first-order valence-electron chi connectivity index (χ1n) is 8.77. The molecule has 0 aliphatic carbocycles. The van der Waals surface area contributed by atoms with Crippen LogP contribution in [-0.4, -0.2) is 43.4 Å². The summed E-state index contributed by atoms with van der Waals surface area (Å²) in [6, 6.07) is 7.60. The van der Waals surface area contributed by atoms with E-state index in [1.807, 2.05) is 42.3 Å². The monoisotopic (exact) mass is 347 g/mol. The Kier molecular flexibility index (Phi) is 4.24. The maximum Gasteiger partial charge on any atom is 0.255 e. The van der Waals surface area contributed by atoms with Crippen molar-refractivity contribution in [1.82, 2.24) is 24.4 Å². The average Bonchev–Trinajstić information content (AvgIpc) is 2.99. The van der Waals surface area contributed by atoms with E-state index in [1.165, 1.54) is 0 Å². The minimum atomic E-state index is 0.0727. The first kappa shape index (κ1) is 16.4. The summed E-state index contributed by atoms with van der Waals surface area (Å²) in [5.74, 6) is 1.46. The number of rotatable bonds is 4. The standard InChI is InChI=1S/C20H21N5O/c1-14-10-23-19(17-5-8-21-9-6-17)25(14)13-16-11-24(12-16)20(26)18-4-3-7-22-15(18)2/h3-10,16H,11-13H2,1-2H3. The van der Waals surface area contributed by atoms with Crippen molar-refractivity contribution in [2.45, 2.75) is 20.4 Å². The first-order chi connectivity index (χ1) is 12.6. The second-order valence-corrected chi connectivity index (χ2v) is 6.78. The molecule has 0 spiro atoms. The Bertz CT molecular complexity index is 928. The largest absolute Gasteiger partial charge is 0.338 e. The van der Waals surface area contributed by atoms with Gasteiger partial charge in [-0.3, -0.25) is 14.8 Å². The zero-order valence-corrected chi connectivity index (χ0v) is 15.0. The summed E-state index contributed by atoms with van der Waals surface area (Å²) in [5, 5.41) is 0. The highest BCUT2D eigenvalue weighted by atomic mass is 16.2. The molecule has 4 heterocycles. The quantitative estimate of drug-likeness (QED) is 0.728. The van der Waals surface area contributed by atoms with Gasteiger partial charge in [0.1, 0.15) is 5.82 Å². The van der Waals surface area contributed by atoms with Crippen molar-refractivity contribution in [1.29, 1.82) is 0 Å². The number of carbonyl (C=O) groups is 1. The fourth-order valence-electron chi connectivity index (χ4n) is 3.41.